The maximum atomic E-state index is 12.9. The Kier molecular flexibility index (Phi) is 6.43. The second-order valence-corrected chi connectivity index (χ2v) is 5.42. The van der Waals surface area contributed by atoms with E-state index in [1.807, 2.05) is 0 Å². The summed E-state index contributed by atoms with van der Waals surface area (Å²) in [6, 6.07) is 11.4. The Morgan fingerprint density at radius 3 is 2.42 bits per heavy atom. The lowest BCUT2D eigenvalue weighted by molar-refractivity contribution is -0.145. The maximum Gasteiger partial charge on any atom is 0.326 e. The lowest BCUT2D eigenvalue weighted by Crippen LogP contribution is -2.34. The van der Waals surface area contributed by atoms with Crippen LogP contribution in [0.15, 0.2) is 48.5 Å². The van der Waals surface area contributed by atoms with Crippen molar-refractivity contribution in [1.82, 2.24) is 5.32 Å². The summed E-state index contributed by atoms with van der Waals surface area (Å²) in [7, 11) is 1.48. The van der Waals surface area contributed by atoms with Gasteiger partial charge in [0.15, 0.2) is 6.10 Å². The van der Waals surface area contributed by atoms with Crippen molar-refractivity contribution in [3.63, 3.8) is 0 Å². The number of benzene rings is 2. The van der Waals surface area contributed by atoms with Gasteiger partial charge in [0, 0.05) is 11.1 Å². The van der Waals surface area contributed by atoms with E-state index in [4.69, 9.17) is 9.47 Å². The van der Waals surface area contributed by atoms with Gasteiger partial charge in [0.1, 0.15) is 18.1 Å². The standard InChI is InChI=1S/C19H18FNO5/c1-12(18(23)13-6-8-15(20)9-7-13)26-17(22)11-21-19(24)14-4-3-5-16(10-14)25-2/h3-10,12H,11H2,1-2H3,(H,21,24)/t12-/m1/s1. The minimum Gasteiger partial charge on any atom is -0.497 e. The van der Waals surface area contributed by atoms with Gasteiger partial charge in [-0.15, -0.1) is 0 Å². The van der Waals surface area contributed by atoms with Gasteiger partial charge in [0.25, 0.3) is 5.91 Å². The molecule has 6 nitrogen and oxygen atoms in total. The van der Waals surface area contributed by atoms with Crippen LogP contribution in [0.2, 0.25) is 0 Å². The molecule has 2 aromatic carbocycles. The van der Waals surface area contributed by atoms with E-state index in [0.717, 1.165) is 12.1 Å². The van der Waals surface area contributed by atoms with Crippen molar-refractivity contribution in [1.29, 1.82) is 0 Å². The molecule has 0 saturated carbocycles. The fraction of sp³-hybridized carbons (Fsp3) is 0.211. The quantitative estimate of drug-likeness (QED) is 0.606. The molecule has 0 saturated heterocycles. The first-order valence-electron chi connectivity index (χ1n) is 7.82. The summed E-state index contributed by atoms with van der Waals surface area (Å²) in [6.07, 6.45) is -1.05. The highest BCUT2D eigenvalue weighted by Crippen LogP contribution is 2.12. The van der Waals surface area contributed by atoms with E-state index in [1.165, 1.54) is 32.2 Å². The van der Waals surface area contributed by atoms with Gasteiger partial charge in [-0.1, -0.05) is 6.07 Å². The number of esters is 1. The molecule has 0 aromatic heterocycles. The van der Waals surface area contributed by atoms with Gasteiger partial charge in [-0.25, -0.2) is 4.39 Å². The van der Waals surface area contributed by atoms with Gasteiger partial charge < -0.3 is 14.8 Å². The third-order valence-electron chi connectivity index (χ3n) is 3.53. The van der Waals surface area contributed by atoms with E-state index in [9.17, 15) is 18.8 Å². The Balaban J connectivity index is 1.86. The smallest absolute Gasteiger partial charge is 0.326 e. The molecule has 0 aliphatic rings. The van der Waals surface area contributed by atoms with Crippen molar-refractivity contribution < 1.29 is 28.2 Å². The Morgan fingerprint density at radius 2 is 1.77 bits per heavy atom. The first-order valence-corrected chi connectivity index (χ1v) is 7.82. The third-order valence-corrected chi connectivity index (χ3v) is 3.53. The Bertz CT molecular complexity index is 804. The average Bonchev–Trinajstić information content (AvgIpc) is 2.66. The van der Waals surface area contributed by atoms with Crippen LogP contribution < -0.4 is 10.1 Å². The molecule has 0 bridgehead atoms. The zero-order valence-electron chi connectivity index (χ0n) is 14.3. The molecule has 7 heteroatoms. The summed E-state index contributed by atoms with van der Waals surface area (Å²) in [5.41, 5.74) is 0.555. The second kappa shape index (κ2) is 8.75. The predicted octanol–water partition coefficient (Wildman–Crippen LogP) is 2.38. The molecule has 136 valence electrons. The summed E-state index contributed by atoms with van der Waals surface area (Å²) < 4.78 is 22.9. The largest absolute Gasteiger partial charge is 0.497 e. The summed E-state index contributed by atoms with van der Waals surface area (Å²) >= 11 is 0. The first-order chi connectivity index (χ1) is 12.4. The number of hydrogen-bond acceptors (Lipinski definition) is 5. The highest BCUT2D eigenvalue weighted by atomic mass is 19.1. The number of halogens is 1. The van der Waals surface area contributed by atoms with Crippen molar-refractivity contribution >= 4 is 17.7 Å². The van der Waals surface area contributed by atoms with E-state index in [-0.39, 0.29) is 5.56 Å². The second-order valence-electron chi connectivity index (χ2n) is 5.42. The van der Waals surface area contributed by atoms with Crippen LogP contribution in [0, 0.1) is 5.82 Å². The van der Waals surface area contributed by atoms with E-state index < -0.39 is 36.1 Å². The number of hydrogen-bond donors (Lipinski definition) is 1. The fourth-order valence-electron chi connectivity index (χ4n) is 2.16. The van der Waals surface area contributed by atoms with E-state index in [2.05, 4.69) is 5.32 Å². The van der Waals surface area contributed by atoms with Crippen molar-refractivity contribution in [2.45, 2.75) is 13.0 Å². The van der Waals surface area contributed by atoms with E-state index in [0.29, 0.717) is 11.3 Å². The zero-order chi connectivity index (χ0) is 19.1. The molecule has 0 fully saturated rings. The Morgan fingerprint density at radius 1 is 1.08 bits per heavy atom. The number of nitrogens with one attached hydrogen (secondary N) is 1. The molecule has 26 heavy (non-hydrogen) atoms. The van der Waals surface area contributed by atoms with Crippen molar-refractivity contribution in [2.75, 3.05) is 13.7 Å². The number of methoxy groups -OCH3 is 1. The Hall–Kier alpha value is -3.22. The number of ether oxygens (including phenoxy) is 2. The fourth-order valence-corrected chi connectivity index (χ4v) is 2.16. The summed E-state index contributed by atoms with van der Waals surface area (Å²) in [4.78, 5) is 36.0. The lowest BCUT2D eigenvalue weighted by Gasteiger charge is -2.13. The van der Waals surface area contributed by atoms with Crippen molar-refractivity contribution in [3.05, 3.63) is 65.5 Å². The van der Waals surface area contributed by atoms with E-state index in [1.54, 1.807) is 18.2 Å². The topological polar surface area (TPSA) is 81.7 Å². The monoisotopic (exact) mass is 359 g/mol. The molecular weight excluding hydrogens is 341 g/mol. The van der Waals surface area contributed by atoms with Gasteiger partial charge >= 0.3 is 5.97 Å². The van der Waals surface area contributed by atoms with E-state index >= 15 is 0 Å². The minimum atomic E-state index is -1.05. The maximum absolute atomic E-state index is 12.9. The van der Waals surface area contributed by atoms with Crippen LogP contribution in [0.4, 0.5) is 4.39 Å². The highest BCUT2D eigenvalue weighted by molar-refractivity contribution is 6.00. The normalized spacial score (nSPS) is 11.3. The third kappa shape index (κ3) is 5.14. The Labute approximate surface area is 149 Å². The van der Waals surface area contributed by atoms with Crippen LogP contribution in [0.25, 0.3) is 0 Å². The van der Waals surface area contributed by atoms with Crippen molar-refractivity contribution in [2.24, 2.45) is 0 Å². The van der Waals surface area contributed by atoms with Crippen LogP contribution in [0.1, 0.15) is 27.6 Å². The average molecular weight is 359 g/mol. The minimum absolute atomic E-state index is 0.229. The summed E-state index contributed by atoms with van der Waals surface area (Å²) in [5.74, 6) is -1.65. The summed E-state index contributed by atoms with van der Waals surface area (Å²) in [6.45, 7) is 1.02. The number of carbonyl (C=O) groups excluding carboxylic acids is 3. The van der Waals surface area contributed by atoms with Crippen LogP contribution in [-0.4, -0.2) is 37.4 Å². The number of carbonyl (C=O) groups is 3. The number of ketones is 1. The highest BCUT2D eigenvalue weighted by Gasteiger charge is 2.20. The predicted molar refractivity (Wildman–Crippen MR) is 91.6 cm³/mol. The number of amides is 1. The van der Waals surface area contributed by atoms with Gasteiger partial charge in [0.2, 0.25) is 5.78 Å². The molecule has 0 aliphatic carbocycles. The zero-order valence-corrected chi connectivity index (χ0v) is 14.3. The lowest BCUT2D eigenvalue weighted by atomic mass is 10.1. The van der Waals surface area contributed by atoms with Gasteiger partial charge in [-0.2, -0.15) is 0 Å². The molecule has 1 N–H and O–H groups in total. The molecule has 0 heterocycles. The first kappa shape index (κ1) is 19.1. The molecule has 0 spiro atoms. The molecule has 0 aliphatic heterocycles. The van der Waals surface area contributed by atoms with Crippen molar-refractivity contribution in [3.8, 4) is 5.75 Å². The van der Waals surface area contributed by atoms with Crippen LogP contribution in [0.5, 0.6) is 5.75 Å². The molecule has 2 aromatic rings. The molecule has 0 radical (unpaired) electrons. The number of Topliss-reactive ketones (excluding diaryl/α,β-unsaturated/α-hetero) is 1. The molecule has 1 amide bonds. The SMILES string of the molecule is COc1cccc(C(=O)NCC(=O)O[C@H](C)C(=O)c2ccc(F)cc2)c1. The van der Waals surface area contributed by atoms with Gasteiger partial charge in [0.05, 0.1) is 7.11 Å². The molecule has 1 atom stereocenters. The van der Waals surface area contributed by atoms with Gasteiger partial charge in [-0.05, 0) is 49.4 Å². The van der Waals surface area contributed by atoms with Crippen LogP contribution in [-0.2, 0) is 9.53 Å². The number of rotatable bonds is 7. The molecule has 2 rings (SSSR count). The van der Waals surface area contributed by atoms with Crippen LogP contribution >= 0.6 is 0 Å². The van der Waals surface area contributed by atoms with Gasteiger partial charge in [-0.3, -0.25) is 14.4 Å². The molecular formula is C19H18FNO5. The van der Waals surface area contributed by atoms with Crippen LogP contribution in [0.3, 0.4) is 0 Å². The summed E-state index contributed by atoms with van der Waals surface area (Å²) in [5, 5.41) is 2.41. The molecule has 0 unspecified atom stereocenters.